The molecule has 0 saturated heterocycles. The van der Waals surface area contributed by atoms with Crippen LogP contribution in [0.2, 0.25) is 0 Å². The van der Waals surface area contributed by atoms with Crippen LogP contribution >= 0.6 is 15.9 Å². The summed E-state index contributed by atoms with van der Waals surface area (Å²) in [5.41, 5.74) is 0.953. The van der Waals surface area contributed by atoms with Crippen molar-refractivity contribution in [3.63, 3.8) is 0 Å². The van der Waals surface area contributed by atoms with E-state index in [0.717, 1.165) is 5.57 Å². The van der Waals surface area contributed by atoms with E-state index in [2.05, 4.69) is 20.9 Å². The van der Waals surface area contributed by atoms with Gasteiger partial charge in [-0.3, -0.25) is 0 Å². The fraction of sp³-hybridized carbons (Fsp3) is 0.583. The maximum atomic E-state index is 11.6. The topological polar surface area (TPSA) is 46.5 Å². The van der Waals surface area contributed by atoms with Crippen molar-refractivity contribution in [2.24, 2.45) is 0 Å². The molecular formula is C12H20BrFO3. The van der Waals surface area contributed by atoms with E-state index < -0.39 is 12.1 Å². The first-order valence-corrected chi connectivity index (χ1v) is 6.57. The number of carbonyl (C=O) groups excluding carboxylic acids is 1. The number of alkyl halides is 1. The van der Waals surface area contributed by atoms with Crippen molar-refractivity contribution in [1.82, 2.24) is 0 Å². The molecule has 0 unspecified atom stereocenters. The molecule has 0 amide bonds. The summed E-state index contributed by atoms with van der Waals surface area (Å²) in [4.78, 5) is 13.9. The minimum atomic E-state index is -1.03. The molecule has 0 heterocycles. The van der Waals surface area contributed by atoms with Crippen LogP contribution in [0.3, 0.4) is 0 Å². The molecule has 0 radical (unpaired) electrons. The van der Waals surface area contributed by atoms with Crippen LogP contribution in [-0.2, 0) is 9.74 Å². The average Bonchev–Trinajstić information content (AvgIpc) is 2.39. The second-order valence-corrected chi connectivity index (χ2v) is 3.57. The van der Waals surface area contributed by atoms with Crippen LogP contribution in [0.5, 0.6) is 0 Å². The first-order chi connectivity index (χ1) is 8.06. The lowest BCUT2D eigenvalue weighted by Gasteiger charge is -2.08. The molecule has 5 heteroatoms. The highest BCUT2D eigenvalue weighted by atomic mass is 79.9. The van der Waals surface area contributed by atoms with E-state index in [9.17, 15) is 14.4 Å². The van der Waals surface area contributed by atoms with E-state index in [0.29, 0.717) is 0 Å². The van der Waals surface area contributed by atoms with Gasteiger partial charge in [-0.1, -0.05) is 41.9 Å². The Morgan fingerprint density at radius 1 is 1.53 bits per heavy atom. The third-order valence-electron chi connectivity index (χ3n) is 2.04. The average molecular weight is 311 g/mol. The third-order valence-corrected chi connectivity index (χ3v) is 2.65. The normalized spacial score (nSPS) is 13.6. The summed E-state index contributed by atoms with van der Waals surface area (Å²) >= 11 is 3.03. The van der Waals surface area contributed by atoms with Crippen LogP contribution in [0.1, 0.15) is 34.1 Å². The largest absolute Gasteiger partial charge is 0.388 e. The molecule has 100 valence electrons. The van der Waals surface area contributed by atoms with Crippen molar-refractivity contribution in [1.29, 1.82) is 0 Å². The number of hydrogen-bond donors (Lipinski definition) is 1. The molecule has 1 N–H and O–H groups in total. The molecule has 0 aromatic carbocycles. The number of carbonyl (C=O) groups is 1. The molecule has 0 saturated carbocycles. The molecule has 0 bridgehead atoms. The Labute approximate surface area is 110 Å². The van der Waals surface area contributed by atoms with Gasteiger partial charge in [-0.15, -0.1) is 0 Å². The minimum Gasteiger partial charge on any atom is -0.388 e. The van der Waals surface area contributed by atoms with Gasteiger partial charge in [-0.05, 0) is 25.8 Å². The smallest absolute Gasteiger partial charge is 0.376 e. The maximum Gasteiger partial charge on any atom is 0.376 e. The second kappa shape index (κ2) is 11.8. The van der Waals surface area contributed by atoms with Crippen molar-refractivity contribution in [3.8, 4) is 0 Å². The maximum absolute atomic E-state index is 11.6. The number of allylic oxidation sites excluding steroid dienone is 1. The van der Waals surface area contributed by atoms with Crippen molar-refractivity contribution in [2.45, 2.75) is 40.2 Å². The Morgan fingerprint density at radius 3 is 2.41 bits per heavy atom. The lowest BCUT2D eigenvalue weighted by atomic mass is 10.1. The van der Waals surface area contributed by atoms with Crippen LogP contribution in [0.25, 0.3) is 0 Å². The first kappa shape index (κ1) is 18.7. The molecule has 0 fully saturated rings. The lowest BCUT2D eigenvalue weighted by molar-refractivity contribution is -0.178. The predicted octanol–water partition coefficient (Wildman–Crippen LogP) is 3.48. The quantitative estimate of drug-likeness (QED) is 0.480. The first-order valence-electron chi connectivity index (χ1n) is 5.45. The molecule has 0 spiro atoms. The van der Waals surface area contributed by atoms with E-state index in [1.165, 1.54) is 6.08 Å². The number of aliphatic hydroxyl groups is 1. The Kier molecular flexibility index (Phi) is 13.0. The predicted molar refractivity (Wildman–Crippen MR) is 70.5 cm³/mol. The standard InChI is InChI=1S/C10H14BrFO3.C2H6/c1-3-7(2)9(13)5-4-8(6-11)10(14)15-12;1-2/h3-4,9,13H,5-6H2,1-2H3;1-2H3/b7-3-,8-4-;/t9-;/m1./s1. The molecule has 1 atom stereocenters. The van der Waals surface area contributed by atoms with Gasteiger partial charge >= 0.3 is 5.97 Å². The third kappa shape index (κ3) is 8.10. The van der Waals surface area contributed by atoms with E-state index in [4.69, 9.17) is 0 Å². The highest BCUT2D eigenvalue weighted by molar-refractivity contribution is 9.09. The fourth-order valence-corrected chi connectivity index (χ4v) is 1.33. The monoisotopic (exact) mass is 310 g/mol. The summed E-state index contributed by atoms with van der Waals surface area (Å²) in [6.45, 7) is 7.59. The molecule has 0 rings (SSSR count). The van der Waals surface area contributed by atoms with E-state index in [1.54, 1.807) is 13.0 Å². The van der Waals surface area contributed by atoms with Gasteiger partial charge in [-0.2, -0.15) is 0 Å². The Hall–Kier alpha value is -0.680. The molecule has 0 aliphatic rings. The zero-order valence-electron chi connectivity index (χ0n) is 10.7. The number of hydrogen-bond acceptors (Lipinski definition) is 3. The van der Waals surface area contributed by atoms with Gasteiger partial charge in [0.05, 0.1) is 6.10 Å². The summed E-state index contributed by atoms with van der Waals surface area (Å²) in [5, 5.41) is 9.73. The molecule has 0 aliphatic heterocycles. The molecule has 3 nitrogen and oxygen atoms in total. The van der Waals surface area contributed by atoms with E-state index >= 15 is 0 Å². The highest BCUT2D eigenvalue weighted by Crippen LogP contribution is 2.10. The van der Waals surface area contributed by atoms with Gasteiger partial charge in [0.1, 0.15) is 0 Å². The van der Waals surface area contributed by atoms with Crippen LogP contribution < -0.4 is 0 Å². The van der Waals surface area contributed by atoms with Crippen molar-refractivity contribution < 1.29 is 19.4 Å². The molecule has 17 heavy (non-hydrogen) atoms. The number of rotatable bonds is 5. The number of halogens is 2. The van der Waals surface area contributed by atoms with Gasteiger partial charge in [-0.25, -0.2) is 9.74 Å². The van der Waals surface area contributed by atoms with Gasteiger partial charge in [0.2, 0.25) is 0 Å². The molecule has 0 aliphatic carbocycles. The minimum absolute atomic E-state index is 0.153. The Balaban J connectivity index is 0. The van der Waals surface area contributed by atoms with E-state index in [-0.39, 0.29) is 17.3 Å². The van der Waals surface area contributed by atoms with Gasteiger partial charge in [0.15, 0.2) is 0 Å². The highest BCUT2D eigenvalue weighted by Gasteiger charge is 2.11. The Bertz CT molecular complexity index is 275. The van der Waals surface area contributed by atoms with Crippen molar-refractivity contribution in [3.05, 3.63) is 23.3 Å². The molecule has 0 aromatic heterocycles. The summed E-state index contributed by atoms with van der Waals surface area (Å²) in [7, 11) is 0. The summed E-state index contributed by atoms with van der Waals surface area (Å²) in [6.07, 6.45) is 2.83. The Morgan fingerprint density at radius 2 is 2.06 bits per heavy atom. The van der Waals surface area contributed by atoms with Crippen LogP contribution in [-0.4, -0.2) is 22.5 Å². The van der Waals surface area contributed by atoms with Crippen LogP contribution in [0, 0.1) is 0 Å². The van der Waals surface area contributed by atoms with E-state index in [1.807, 2.05) is 20.8 Å². The second-order valence-electron chi connectivity index (χ2n) is 3.01. The summed E-state index contributed by atoms with van der Waals surface area (Å²) < 4.78 is 11.6. The van der Waals surface area contributed by atoms with Crippen LogP contribution in [0.15, 0.2) is 23.3 Å². The van der Waals surface area contributed by atoms with Gasteiger partial charge in [0.25, 0.3) is 0 Å². The molecular weight excluding hydrogens is 291 g/mol. The summed E-state index contributed by atoms with van der Waals surface area (Å²) in [6, 6.07) is 0. The van der Waals surface area contributed by atoms with Crippen LogP contribution in [0.4, 0.5) is 4.53 Å². The van der Waals surface area contributed by atoms with Crippen molar-refractivity contribution >= 4 is 21.9 Å². The van der Waals surface area contributed by atoms with Gasteiger partial charge in [0, 0.05) is 15.4 Å². The van der Waals surface area contributed by atoms with Gasteiger partial charge < -0.3 is 5.11 Å². The SMILES string of the molecule is C/C=C(/C)[C@H](O)C/C=C(/CBr)C(=O)OF.CC. The number of aliphatic hydroxyl groups excluding tert-OH is 1. The zero-order chi connectivity index (χ0) is 13.8. The van der Waals surface area contributed by atoms with Crippen molar-refractivity contribution in [2.75, 3.05) is 5.33 Å². The lowest BCUT2D eigenvalue weighted by Crippen LogP contribution is -2.09. The summed E-state index contributed by atoms with van der Waals surface area (Å²) in [5.74, 6) is -1.03. The molecule has 0 aromatic rings. The zero-order valence-corrected chi connectivity index (χ0v) is 12.3. The fourth-order valence-electron chi connectivity index (χ4n) is 0.874.